The third kappa shape index (κ3) is 2.75. The zero-order valence-electron chi connectivity index (χ0n) is 10.5. The zero-order valence-corrected chi connectivity index (χ0v) is 10.5. The molecule has 0 spiro atoms. The molecule has 0 saturated carbocycles. The summed E-state index contributed by atoms with van der Waals surface area (Å²) in [5, 5.41) is 0. The molecule has 0 aliphatic rings. The molecule has 18 heavy (non-hydrogen) atoms. The number of carbonyl (C=O) groups excluding carboxylic acids is 1. The lowest BCUT2D eigenvalue weighted by molar-refractivity contribution is -0.114. The molecule has 0 saturated heterocycles. The highest BCUT2D eigenvalue weighted by Crippen LogP contribution is 2.24. The molecule has 0 heterocycles. The Bertz CT molecular complexity index is 567. The SMILES string of the molecule is C=C(C)C(=O)Cc1ccccc1-c1ccccc1. The van der Waals surface area contributed by atoms with Gasteiger partial charge in [0, 0.05) is 6.42 Å². The van der Waals surface area contributed by atoms with Crippen LogP contribution in [0.1, 0.15) is 12.5 Å². The second kappa shape index (κ2) is 5.46. The van der Waals surface area contributed by atoms with Crippen LogP contribution in [0.5, 0.6) is 0 Å². The van der Waals surface area contributed by atoms with Gasteiger partial charge >= 0.3 is 0 Å². The number of allylic oxidation sites excluding steroid dienone is 1. The van der Waals surface area contributed by atoms with Gasteiger partial charge in [-0.05, 0) is 29.2 Å². The van der Waals surface area contributed by atoms with E-state index in [0.29, 0.717) is 12.0 Å². The van der Waals surface area contributed by atoms with Crippen molar-refractivity contribution < 1.29 is 4.79 Å². The lowest BCUT2D eigenvalue weighted by Gasteiger charge is -2.09. The average molecular weight is 236 g/mol. The van der Waals surface area contributed by atoms with Crippen molar-refractivity contribution in [3.05, 3.63) is 72.3 Å². The largest absolute Gasteiger partial charge is 0.294 e. The second-order valence-electron chi connectivity index (χ2n) is 4.40. The molecule has 0 radical (unpaired) electrons. The van der Waals surface area contributed by atoms with E-state index >= 15 is 0 Å². The molecule has 2 aromatic carbocycles. The van der Waals surface area contributed by atoms with Crippen LogP contribution < -0.4 is 0 Å². The summed E-state index contributed by atoms with van der Waals surface area (Å²) in [5.41, 5.74) is 3.92. The van der Waals surface area contributed by atoms with Crippen LogP contribution in [0.15, 0.2) is 66.7 Å². The molecule has 0 bridgehead atoms. The maximum absolute atomic E-state index is 11.8. The molecule has 1 nitrogen and oxygen atoms in total. The molecule has 90 valence electrons. The van der Waals surface area contributed by atoms with Gasteiger partial charge in [0.25, 0.3) is 0 Å². The van der Waals surface area contributed by atoms with Crippen molar-refractivity contribution in [2.45, 2.75) is 13.3 Å². The summed E-state index contributed by atoms with van der Waals surface area (Å²) in [6.45, 7) is 5.46. The Labute approximate surface area is 108 Å². The Morgan fingerprint density at radius 3 is 2.28 bits per heavy atom. The van der Waals surface area contributed by atoms with Gasteiger partial charge in [0.1, 0.15) is 0 Å². The minimum atomic E-state index is 0.0957. The van der Waals surface area contributed by atoms with E-state index in [9.17, 15) is 4.79 Å². The first-order chi connectivity index (χ1) is 8.68. The fraction of sp³-hybridized carbons (Fsp3) is 0.118. The molecule has 2 aromatic rings. The first-order valence-corrected chi connectivity index (χ1v) is 6.00. The molecule has 0 aliphatic carbocycles. The molecule has 0 unspecified atom stereocenters. The van der Waals surface area contributed by atoms with E-state index in [-0.39, 0.29) is 5.78 Å². The molecule has 0 amide bonds. The number of ketones is 1. The number of carbonyl (C=O) groups is 1. The summed E-state index contributed by atoms with van der Waals surface area (Å²) in [6.07, 6.45) is 0.417. The van der Waals surface area contributed by atoms with E-state index < -0.39 is 0 Å². The summed E-state index contributed by atoms with van der Waals surface area (Å²) in [7, 11) is 0. The van der Waals surface area contributed by atoms with Gasteiger partial charge in [-0.3, -0.25) is 4.79 Å². The Kier molecular flexibility index (Phi) is 3.73. The van der Waals surface area contributed by atoms with Gasteiger partial charge in [-0.15, -0.1) is 0 Å². The van der Waals surface area contributed by atoms with Gasteiger partial charge in [0.15, 0.2) is 5.78 Å². The molecule has 0 fully saturated rings. The molecular weight excluding hydrogens is 220 g/mol. The van der Waals surface area contributed by atoms with Crippen LogP contribution >= 0.6 is 0 Å². The molecule has 0 atom stereocenters. The fourth-order valence-electron chi connectivity index (χ4n) is 1.90. The third-order valence-electron chi connectivity index (χ3n) is 2.93. The predicted octanol–water partition coefficient (Wildman–Crippen LogP) is 4.04. The third-order valence-corrected chi connectivity index (χ3v) is 2.93. The highest BCUT2D eigenvalue weighted by atomic mass is 16.1. The standard InChI is InChI=1S/C17H16O/c1-13(2)17(18)12-15-10-6-7-11-16(15)14-8-4-3-5-9-14/h3-11H,1,12H2,2H3. The lowest BCUT2D eigenvalue weighted by Crippen LogP contribution is -2.04. The van der Waals surface area contributed by atoms with Gasteiger partial charge in [-0.25, -0.2) is 0 Å². The minimum absolute atomic E-state index is 0.0957. The van der Waals surface area contributed by atoms with Crippen molar-refractivity contribution in [2.75, 3.05) is 0 Å². The van der Waals surface area contributed by atoms with Gasteiger partial charge in [-0.1, -0.05) is 61.2 Å². The zero-order chi connectivity index (χ0) is 13.0. The van der Waals surface area contributed by atoms with E-state index in [4.69, 9.17) is 0 Å². The van der Waals surface area contributed by atoms with Crippen LogP contribution in [0, 0.1) is 0 Å². The van der Waals surface area contributed by atoms with E-state index in [0.717, 1.165) is 16.7 Å². The monoisotopic (exact) mass is 236 g/mol. The van der Waals surface area contributed by atoms with E-state index in [2.05, 4.69) is 24.8 Å². The van der Waals surface area contributed by atoms with Crippen LogP contribution in [0.25, 0.3) is 11.1 Å². The highest BCUT2D eigenvalue weighted by molar-refractivity contribution is 5.96. The summed E-state index contributed by atoms with van der Waals surface area (Å²) in [4.78, 5) is 11.8. The second-order valence-corrected chi connectivity index (χ2v) is 4.40. The van der Waals surface area contributed by atoms with Crippen LogP contribution in [0.4, 0.5) is 0 Å². The smallest absolute Gasteiger partial charge is 0.162 e. The van der Waals surface area contributed by atoms with Crippen LogP contribution in [-0.2, 0) is 11.2 Å². The molecular formula is C17H16O. The van der Waals surface area contributed by atoms with E-state index in [1.54, 1.807) is 6.92 Å². The maximum atomic E-state index is 11.8. The summed E-state index contributed by atoms with van der Waals surface area (Å²) >= 11 is 0. The summed E-state index contributed by atoms with van der Waals surface area (Å²) in [5.74, 6) is 0.0957. The summed E-state index contributed by atoms with van der Waals surface area (Å²) in [6, 6.07) is 18.1. The fourth-order valence-corrected chi connectivity index (χ4v) is 1.90. The quantitative estimate of drug-likeness (QED) is 0.732. The van der Waals surface area contributed by atoms with Crippen LogP contribution in [0.2, 0.25) is 0 Å². The minimum Gasteiger partial charge on any atom is -0.294 e. The van der Waals surface area contributed by atoms with Crippen molar-refractivity contribution in [3.63, 3.8) is 0 Å². The van der Waals surface area contributed by atoms with Crippen molar-refractivity contribution in [1.82, 2.24) is 0 Å². The number of hydrogen-bond donors (Lipinski definition) is 0. The first kappa shape index (κ1) is 12.3. The normalized spacial score (nSPS) is 10.1. The molecule has 0 aromatic heterocycles. The van der Waals surface area contributed by atoms with Crippen LogP contribution in [0.3, 0.4) is 0 Å². The molecule has 0 aliphatic heterocycles. The van der Waals surface area contributed by atoms with Gasteiger partial charge in [-0.2, -0.15) is 0 Å². The van der Waals surface area contributed by atoms with Crippen LogP contribution in [-0.4, -0.2) is 5.78 Å². The van der Waals surface area contributed by atoms with Crippen molar-refractivity contribution in [3.8, 4) is 11.1 Å². The highest BCUT2D eigenvalue weighted by Gasteiger charge is 2.09. The Balaban J connectivity index is 2.38. The Hall–Kier alpha value is -2.15. The molecule has 2 rings (SSSR count). The van der Waals surface area contributed by atoms with Gasteiger partial charge < -0.3 is 0 Å². The predicted molar refractivity (Wildman–Crippen MR) is 75.4 cm³/mol. The molecule has 1 heteroatoms. The van der Waals surface area contributed by atoms with E-state index in [1.165, 1.54) is 0 Å². The topological polar surface area (TPSA) is 17.1 Å². The first-order valence-electron chi connectivity index (χ1n) is 6.00. The number of benzene rings is 2. The van der Waals surface area contributed by atoms with Crippen molar-refractivity contribution >= 4 is 5.78 Å². The summed E-state index contributed by atoms with van der Waals surface area (Å²) < 4.78 is 0. The maximum Gasteiger partial charge on any atom is 0.162 e. The van der Waals surface area contributed by atoms with Crippen molar-refractivity contribution in [1.29, 1.82) is 0 Å². The van der Waals surface area contributed by atoms with Gasteiger partial charge in [0.05, 0.1) is 0 Å². The average Bonchev–Trinajstić information content (AvgIpc) is 2.40. The number of hydrogen-bond acceptors (Lipinski definition) is 1. The Morgan fingerprint density at radius 2 is 1.61 bits per heavy atom. The molecule has 0 N–H and O–H groups in total. The van der Waals surface area contributed by atoms with Gasteiger partial charge in [0.2, 0.25) is 0 Å². The van der Waals surface area contributed by atoms with E-state index in [1.807, 2.05) is 36.4 Å². The Morgan fingerprint density at radius 1 is 1.00 bits per heavy atom. The number of Topliss-reactive ketones (excluding diaryl/α,β-unsaturated/α-hetero) is 1. The van der Waals surface area contributed by atoms with Crippen molar-refractivity contribution in [2.24, 2.45) is 0 Å². The number of rotatable bonds is 4. The lowest BCUT2D eigenvalue weighted by atomic mass is 9.95.